The molecule has 0 unspecified atom stereocenters. The van der Waals surface area contributed by atoms with E-state index in [1.807, 2.05) is 0 Å². The van der Waals surface area contributed by atoms with Gasteiger partial charge in [-0.3, -0.25) is 19.5 Å². The second-order valence-corrected chi connectivity index (χ2v) is 7.46. The van der Waals surface area contributed by atoms with Crippen molar-refractivity contribution in [2.24, 2.45) is 0 Å². The van der Waals surface area contributed by atoms with Crippen molar-refractivity contribution in [2.45, 2.75) is 18.3 Å². The Hall–Kier alpha value is -3.93. The average Bonchev–Trinajstić information content (AvgIpc) is 3.19. The van der Waals surface area contributed by atoms with Crippen LogP contribution in [0.5, 0.6) is 11.5 Å². The number of carbonyl (C=O) groups excluding carboxylic acids is 1. The summed E-state index contributed by atoms with van der Waals surface area (Å²) in [5, 5.41) is 22.3. The highest BCUT2D eigenvalue weighted by Crippen LogP contribution is 2.29. The Balaban J connectivity index is 1.63. The maximum atomic E-state index is 13.0. The van der Waals surface area contributed by atoms with E-state index in [2.05, 4.69) is 22.1 Å². The molecule has 0 atom stereocenters. The summed E-state index contributed by atoms with van der Waals surface area (Å²) in [6.07, 6.45) is 1.66. The standard InChI is InChI=1S/C21H20FN5O5S/c1-3-10-26-19(12-32-16-7-4-14(22)5-8-16)24-25-21(26)33-13-20(28)23-17-9-6-15(27(29)30)11-18(17)31-2/h3-9,11H,1,10,12-13H2,2H3,(H,23,28). The number of anilines is 1. The van der Waals surface area contributed by atoms with Crippen LogP contribution in [0.2, 0.25) is 0 Å². The van der Waals surface area contributed by atoms with Gasteiger partial charge in [0.1, 0.15) is 23.9 Å². The largest absolute Gasteiger partial charge is 0.494 e. The number of thioether (sulfide) groups is 1. The van der Waals surface area contributed by atoms with Crippen LogP contribution in [0.4, 0.5) is 15.8 Å². The van der Waals surface area contributed by atoms with Crippen molar-refractivity contribution in [2.75, 3.05) is 18.2 Å². The Bertz CT molecular complexity index is 1150. The van der Waals surface area contributed by atoms with Gasteiger partial charge in [0.15, 0.2) is 11.0 Å². The molecule has 0 radical (unpaired) electrons. The molecular formula is C21H20FN5O5S. The van der Waals surface area contributed by atoms with E-state index in [1.165, 1.54) is 49.6 Å². The summed E-state index contributed by atoms with van der Waals surface area (Å²) in [7, 11) is 1.36. The van der Waals surface area contributed by atoms with E-state index in [4.69, 9.17) is 9.47 Å². The molecule has 10 nitrogen and oxygen atoms in total. The van der Waals surface area contributed by atoms with Crippen molar-refractivity contribution in [1.82, 2.24) is 14.8 Å². The number of hydrogen-bond donors (Lipinski definition) is 1. The van der Waals surface area contributed by atoms with E-state index in [9.17, 15) is 19.3 Å². The molecule has 0 aliphatic rings. The molecular weight excluding hydrogens is 453 g/mol. The number of non-ortho nitro benzene ring substituents is 1. The van der Waals surface area contributed by atoms with Crippen LogP contribution in [0.15, 0.2) is 60.3 Å². The molecule has 1 N–H and O–H groups in total. The molecule has 1 amide bonds. The van der Waals surface area contributed by atoms with Gasteiger partial charge < -0.3 is 14.8 Å². The van der Waals surface area contributed by atoms with Gasteiger partial charge in [-0.15, -0.1) is 16.8 Å². The number of carbonyl (C=O) groups is 1. The van der Waals surface area contributed by atoms with Gasteiger partial charge in [0.2, 0.25) is 5.91 Å². The second-order valence-electron chi connectivity index (χ2n) is 6.52. The quantitative estimate of drug-likeness (QED) is 0.193. The van der Waals surface area contributed by atoms with Crippen LogP contribution in [0.1, 0.15) is 5.82 Å². The maximum absolute atomic E-state index is 13.0. The Morgan fingerprint density at radius 2 is 2.06 bits per heavy atom. The number of hydrogen-bond acceptors (Lipinski definition) is 8. The molecule has 172 valence electrons. The molecule has 1 aromatic heterocycles. The monoisotopic (exact) mass is 473 g/mol. The van der Waals surface area contributed by atoms with Crippen molar-refractivity contribution < 1.29 is 23.6 Å². The maximum Gasteiger partial charge on any atom is 0.273 e. The van der Waals surface area contributed by atoms with Crippen LogP contribution in [0.3, 0.4) is 0 Å². The molecule has 12 heteroatoms. The lowest BCUT2D eigenvalue weighted by molar-refractivity contribution is -0.384. The number of nitro groups is 1. The number of allylic oxidation sites excluding steroid dienone is 1. The number of nitrogens with zero attached hydrogens (tertiary/aromatic N) is 4. The molecule has 0 fully saturated rings. The number of aromatic nitrogens is 3. The predicted octanol–water partition coefficient (Wildman–Crippen LogP) is 3.83. The Labute approximate surface area is 192 Å². The number of benzene rings is 2. The smallest absolute Gasteiger partial charge is 0.273 e. The SMILES string of the molecule is C=CCn1c(COc2ccc(F)cc2)nnc1SCC(=O)Nc1ccc([N+](=O)[O-])cc1OC. The van der Waals surface area contributed by atoms with Crippen molar-refractivity contribution in [3.05, 3.63) is 76.9 Å². The minimum atomic E-state index is -0.548. The fourth-order valence-electron chi connectivity index (χ4n) is 2.74. The van der Waals surface area contributed by atoms with Crippen molar-refractivity contribution >= 4 is 29.0 Å². The van der Waals surface area contributed by atoms with Gasteiger partial charge in [-0.2, -0.15) is 0 Å². The highest BCUT2D eigenvalue weighted by atomic mass is 32.2. The summed E-state index contributed by atoms with van der Waals surface area (Å²) >= 11 is 1.16. The van der Waals surface area contributed by atoms with Gasteiger partial charge in [0, 0.05) is 12.6 Å². The fourth-order valence-corrected chi connectivity index (χ4v) is 3.50. The number of methoxy groups -OCH3 is 1. The van der Waals surface area contributed by atoms with E-state index >= 15 is 0 Å². The molecule has 1 heterocycles. The molecule has 3 rings (SSSR count). The Kier molecular flexibility index (Phi) is 7.97. The lowest BCUT2D eigenvalue weighted by Gasteiger charge is -2.11. The minimum absolute atomic E-state index is 0.00817. The number of nitro benzene ring substituents is 1. The topological polar surface area (TPSA) is 121 Å². The van der Waals surface area contributed by atoms with E-state index < -0.39 is 4.92 Å². The minimum Gasteiger partial charge on any atom is -0.494 e. The lowest BCUT2D eigenvalue weighted by Crippen LogP contribution is -2.15. The summed E-state index contributed by atoms with van der Waals surface area (Å²) in [6.45, 7) is 4.22. The number of ether oxygens (including phenoxy) is 2. The molecule has 3 aromatic rings. The molecule has 0 aliphatic heterocycles. The van der Waals surface area contributed by atoms with Gasteiger partial charge in [-0.05, 0) is 30.3 Å². The number of nitrogens with one attached hydrogen (secondary N) is 1. The third kappa shape index (κ3) is 6.29. The summed E-state index contributed by atoms with van der Waals surface area (Å²) in [4.78, 5) is 22.8. The zero-order valence-corrected chi connectivity index (χ0v) is 18.4. The van der Waals surface area contributed by atoms with E-state index in [0.29, 0.717) is 29.0 Å². The van der Waals surface area contributed by atoms with Gasteiger partial charge in [0.05, 0.1) is 29.5 Å². The second kappa shape index (κ2) is 11.1. The van der Waals surface area contributed by atoms with Crippen molar-refractivity contribution in [1.29, 1.82) is 0 Å². The van der Waals surface area contributed by atoms with Gasteiger partial charge >= 0.3 is 0 Å². The highest BCUT2D eigenvalue weighted by Gasteiger charge is 2.16. The van der Waals surface area contributed by atoms with Crippen LogP contribution in [-0.4, -0.2) is 38.5 Å². The first-order valence-corrected chi connectivity index (χ1v) is 10.6. The lowest BCUT2D eigenvalue weighted by atomic mass is 10.2. The van der Waals surface area contributed by atoms with Gasteiger partial charge in [0.25, 0.3) is 5.69 Å². The van der Waals surface area contributed by atoms with E-state index in [1.54, 1.807) is 10.6 Å². The Morgan fingerprint density at radius 3 is 2.73 bits per heavy atom. The van der Waals surface area contributed by atoms with Gasteiger partial charge in [-0.1, -0.05) is 17.8 Å². The van der Waals surface area contributed by atoms with Crippen LogP contribution < -0.4 is 14.8 Å². The Morgan fingerprint density at radius 1 is 1.30 bits per heavy atom. The molecule has 0 aliphatic carbocycles. The number of rotatable bonds is 11. The first kappa shape index (κ1) is 23.7. The zero-order chi connectivity index (χ0) is 23.8. The van der Waals surface area contributed by atoms with Crippen LogP contribution in [0.25, 0.3) is 0 Å². The first-order chi connectivity index (χ1) is 15.9. The first-order valence-electron chi connectivity index (χ1n) is 9.57. The number of amides is 1. The molecule has 33 heavy (non-hydrogen) atoms. The normalized spacial score (nSPS) is 10.5. The fraction of sp³-hybridized carbons (Fsp3) is 0.190. The van der Waals surface area contributed by atoms with Gasteiger partial charge in [-0.25, -0.2) is 4.39 Å². The van der Waals surface area contributed by atoms with Crippen LogP contribution >= 0.6 is 11.8 Å². The summed E-state index contributed by atoms with van der Waals surface area (Å²) in [5.41, 5.74) is 0.168. The van der Waals surface area contributed by atoms with E-state index in [0.717, 1.165) is 11.8 Å². The average molecular weight is 473 g/mol. The zero-order valence-electron chi connectivity index (χ0n) is 17.6. The van der Waals surface area contributed by atoms with Crippen LogP contribution in [-0.2, 0) is 17.9 Å². The summed E-state index contributed by atoms with van der Waals surface area (Å²) in [6, 6.07) is 9.53. The molecule has 0 saturated carbocycles. The molecule has 0 saturated heterocycles. The third-order valence-electron chi connectivity index (χ3n) is 4.29. The van der Waals surface area contributed by atoms with E-state index in [-0.39, 0.29) is 35.5 Å². The van der Waals surface area contributed by atoms with Crippen molar-refractivity contribution in [3.63, 3.8) is 0 Å². The third-order valence-corrected chi connectivity index (χ3v) is 5.26. The summed E-state index contributed by atoms with van der Waals surface area (Å²) < 4.78 is 25.5. The predicted molar refractivity (Wildman–Crippen MR) is 120 cm³/mol. The van der Waals surface area contributed by atoms with Crippen molar-refractivity contribution in [3.8, 4) is 11.5 Å². The molecule has 0 bridgehead atoms. The van der Waals surface area contributed by atoms with Crippen LogP contribution in [0, 0.1) is 15.9 Å². The highest BCUT2D eigenvalue weighted by molar-refractivity contribution is 7.99. The molecule has 0 spiro atoms. The molecule has 2 aromatic carbocycles. The summed E-state index contributed by atoms with van der Waals surface area (Å²) in [5.74, 6) is 0.464. The number of halogens is 1.